The van der Waals surface area contributed by atoms with Crippen LogP contribution in [-0.2, 0) is 11.3 Å². The van der Waals surface area contributed by atoms with Crippen LogP contribution in [0.25, 0.3) is 0 Å². The van der Waals surface area contributed by atoms with Gasteiger partial charge in [0.1, 0.15) is 0 Å². The second kappa shape index (κ2) is 8.93. The molecule has 6 heteroatoms. The summed E-state index contributed by atoms with van der Waals surface area (Å²) in [5.74, 6) is 1.80. The Morgan fingerprint density at radius 3 is 3.15 bits per heavy atom. The fourth-order valence-corrected chi connectivity index (χ4v) is 5.54. The fourth-order valence-electron chi connectivity index (χ4n) is 4.80. The van der Waals surface area contributed by atoms with E-state index in [-0.39, 0.29) is 0 Å². The summed E-state index contributed by atoms with van der Waals surface area (Å²) in [6.07, 6.45) is 5.06. The molecule has 1 aromatic heterocycles. The average Bonchev–Trinajstić information content (AvgIpc) is 3.43. The molecule has 150 valence electrons. The van der Waals surface area contributed by atoms with E-state index in [1.165, 1.54) is 43.6 Å². The number of thiophene rings is 1. The SMILES string of the molecule is CCNC(=NCC1CCCN(Cc2cccs2)C1)N1CCC2(CCOC2)C1. The van der Waals surface area contributed by atoms with Crippen LogP contribution in [0, 0.1) is 11.3 Å². The maximum atomic E-state index is 5.69. The molecule has 0 bridgehead atoms. The average molecular weight is 391 g/mol. The largest absolute Gasteiger partial charge is 0.381 e. The molecule has 0 saturated carbocycles. The molecular formula is C21H34N4OS. The molecule has 1 N–H and O–H groups in total. The lowest BCUT2D eigenvalue weighted by atomic mass is 9.87. The van der Waals surface area contributed by atoms with Crippen LogP contribution in [0.1, 0.15) is 37.5 Å². The Hall–Kier alpha value is -1.11. The van der Waals surface area contributed by atoms with E-state index in [4.69, 9.17) is 9.73 Å². The molecule has 3 aliphatic rings. The number of likely N-dealkylation sites (tertiary alicyclic amines) is 2. The molecule has 0 aliphatic carbocycles. The predicted molar refractivity (Wildman–Crippen MR) is 112 cm³/mol. The zero-order valence-corrected chi connectivity index (χ0v) is 17.5. The minimum absolute atomic E-state index is 0.387. The number of nitrogens with one attached hydrogen (secondary N) is 1. The molecule has 2 atom stereocenters. The molecule has 27 heavy (non-hydrogen) atoms. The summed E-state index contributed by atoms with van der Waals surface area (Å²) < 4.78 is 5.69. The Morgan fingerprint density at radius 2 is 2.37 bits per heavy atom. The van der Waals surface area contributed by atoms with Crippen LogP contribution in [0.4, 0.5) is 0 Å². The Bertz CT molecular complexity index is 612. The van der Waals surface area contributed by atoms with Gasteiger partial charge in [0.25, 0.3) is 0 Å². The van der Waals surface area contributed by atoms with E-state index in [9.17, 15) is 0 Å². The molecule has 0 radical (unpaired) electrons. The highest BCUT2D eigenvalue weighted by Gasteiger charge is 2.42. The normalized spacial score (nSPS) is 29.7. The summed E-state index contributed by atoms with van der Waals surface area (Å²) >= 11 is 1.87. The first kappa shape index (κ1) is 19.2. The van der Waals surface area contributed by atoms with Gasteiger partial charge in [-0.05, 0) is 56.5 Å². The van der Waals surface area contributed by atoms with Crippen LogP contribution in [0.2, 0.25) is 0 Å². The highest BCUT2D eigenvalue weighted by atomic mass is 32.1. The first-order valence-corrected chi connectivity index (χ1v) is 11.5. The quantitative estimate of drug-likeness (QED) is 0.620. The van der Waals surface area contributed by atoms with Gasteiger partial charge in [-0.1, -0.05) is 6.07 Å². The molecular weight excluding hydrogens is 356 g/mol. The highest BCUT2D eigenvalue weighted by Crippen LogP contribution is 2.38. The Morgan fingerprint density at radius 1 is 1.41 bits per heavy atom. The predicted octanol–water partition coefficient (Wildman–Crippen LogP) is 3.04. The van der Waals surface area contributed by atoms with Gasteiger partial charge in [-0.2, -0.15) is 0 Å². The number of rotatable bonds is 5. The Balaban J connectivity index is 1.33. The van der Waals surface area contributed by atoms with Crippen molar-refractivity contribution in [1.82, 2.24) is 15.1 Å². The summed E-state index contributed by atoms with van der Waals surface area (Å²) in [7, 11) is 0. The first-order valence-electron chi connectivity index (χ1n) is 10.6. The zero-order valence-electron chi connectivity index (χ0n) is 16.7. The summed E-state index contributed by atoms with van der Waals surface area (Å²) in [5, 5.41) is 5.72. The van der Waals surface area contributed by atoms with Crippen molar-refractivity contribution in [3.63, 3.8) is 0 Å². The molecule has 0 amide bonds. The van der Waals surface area contributed by atoms with E-state index in [0.29, 0.717) is 11.3 Å². The zero-order chi connectivity index (χ0) is 18.5. The van der Waals surface area contributed by atoms with Gasteiger partial charge in [-0.15, -0.1) is 11.3 Å². The minimum atomic E-state index is 0.387. The van der Waals surface area contributed by atoms with Crippen LogP contribution in [-0.4, -0.2) is 68.2 Å². The van der Waals surface area contributed by atoms with Crippen molar-refractivity contribution in [2.45, 2.75) is 39.2 Å². The van der Waals surface area contributed by atoms with E-state index in [0.717, 1.165) is 51.9 Å². The van der Waals surface area contributed by atoms with Crippen LogP contribution in [0.5, 0.6) is 0 Å². The molecule has 4 rings (SSSR count). The molecule has 3 saturated heterocycles. The number of piperidine rings is 1. The van der Waals surface area contributed by atoms with E-state index >= 15 is 0 Å². The van der Waals surface area contributed by atoms with Crippen molar-refractivity contribution in [1.29, 1.82) is 0 Å². The van der Waals surface area contributed by atoms with Crippen molar-refractivity contribution >= 4 is 17.3 Å². The third-order valence-corrected chi connectivity index (χ3v) is 7.18. The number of hydrogen-bond donors (Lipinski definition) is 1. The second-order valence-corrected chi connectivity index (χ2v) is 9.52. The van der Waals surface area contributed by atoms with Crippen molar-refractivity contribution in [3.8, 4) is 0 Å². The number of ether oxygens (including phenoxy) is 1. The first-order chi connectivity index (χ1) is 13.3. The van der Waals surface area contributed by atoms with E-state index in [2.05, 4.69) is 39.6 Å². The fraction of sp³-hybridized carbons (Fsp3) is 0.762. The smallest absolute Gasteiger partial charge is 0.193 e. The Kier molecular flexibility index (Phi) is 6.35. The van der Waals surface area contributed by atoms with Crippen molar-refractivity contribution < 1.29 is 4.74 Å². The second-order valence-electron chi connectivity index (χ2n) is 8.49. The van der Waals surface area contributed by atoms with Gasteiger partial charge in [0.15, 0.2) is 5.96 Å². The van der Waals surface area contributed by atoms with Gasteiger partial charge in [0, 0.05) is 56.2 Å². The molecule has 5 nitrogen and oxygen atoms in total. The minimum Gasteiger partial charge on any atom is -0.381 e. The number of guanidine groups is 1. The Labute approximate surface area is 167 Å². The lowest BCUT2D eigenvalue weighted by molar-refractivity contribution is 0.156. The lowest BCUT2D eigenvalue weighted by Crippen LogP contribution is -2.42. The molecule has 1 spiro atoms. The summed E-state index contributed by atoms with van der Waals surface area (Å²) in [5.41, 5.74) is 0.387. The van der Waals surface area contributed by atoms with Gasteiger partial charge >= 0.3 is 0 Å². The number of nitrogens with zero attached hydrogens (tertiary/aromatic N) is 3. The standard InChI is InChI=1S/C21H34N4OS/c1-2-22-20(25-10-7-21(16-25)8-11-26-17-21)23-13-18-5-3-9-24(14-18)15-19-6-4-12-27-19/h4,6,12,18H,2-3,5,7-11,13-17H2,1H3,(H,22,23). The van der Waals surface area contributed by atoms with Gasteiger partial charge in [0.05, 0.1) is 6.61 Å². The number of aliphatic imine (C=N–C) groups is 1. The van der Waals surface area contributed by atoms with Crippen LogP contribution >= 0.6 is 11.3 Å². The molecule has 1 aromatic rings. The van der Waals surface area contributed by atoms with Gasteiger partial charge < -0.3 is 15.0 Å². The molecule has 3 fully saturated rings. The number of hydrogen-bond acceptors (Lipinski definition) is 4. The summed E-state index contributed by atoms with van der Waals surface area (Å²) in [4.78, 5) is 11.6. The van der Waals surface area contributed by atoms with E-state index < -0.39 is 0 Å². The summed E-state index contributed by atoms with van der Waals surface area (Å²) in [6.45, 7) is 11.7. The topological polar surface area (TPSA) is 40.1 Å². The third-order valence-electron chi connectivity index (χ3n) is 6.32. The van der Waals surface area contributed by atoms with Gasteiger partial charge in [0.2, 0.25) is 0 Å². The molecule has 2 unspecified atom stereocenters. The van der Waals surface area contributed by atoms with Crippen LogP contribution in [0.3, 0.4) is 0 Å². The highest BCUT2D eigenvalue weighted by molar-refractivity contribution is 7.09. The monoisotopic (exact) mass is 390 g/mol. The lowest BCUT2D eigenvalue weighted by Gasteiger charge is -2.32. The van der Waals surface area contributed by atoms with E-state index in [1.807, 2.05) is 11.3 Å². The molecule has 0 aromatic carbocycles. The maximum absolute atomic E-state index is 5.69. The maximum Gasteiger partial charge on any atom is 0.193 e. The molecule has 3 aliphatic heterocycles. The van der Waals surface area contributed by atoms with E-state index in [1.54, 1.807) is 0 Å². The molecule has 4 heterocycles. The van der Waals surface area contributed by atoms with Gasteiger partial charge in [-0.3, -0.25) is 9.89 Å². The van der Waals surface area contributed by atoms with Crippen LogP contribution in [0.15, 0.2) is 22.5 Å². The van der Waals surface area contributed by atoms with Crippen LogP contribution < -0.4 is 5.32 Å². The third kappa shape index (κ3) is 4.84. The van der Waals surface area contributed by atoms with Gasteiger partial charge in [-0.25, -0.2) is 0 Å². The van der Waals surface area contributed by atoms with Crippen molar-refractivity contribution in [2.24, 2.45) is 16.3 Å². The van der Waals surface area contributed by atoms with Crippen molar-refractivity contribution in [3.05, 3.63) is 22.4 Å². The van der Waals surface area contributed by atoms with Crippen molar-refractivity contribution in [2.75, 3.05) is 52.5 Å². The summed E-state index contributed by atoms with van der Waals surface area (Å²) in [6, 6.07) is 4.41.